The normalized spacial score (nSPS) is 10.6. The standard InChI is InChI=1S/C17H20ClNO2/c1-21-16-8-7-14-10-13(5-6-15(14)11-16)12-19-17(20)4-2-3-9-18/h5-8,10-11H,2-4,9,12H2,1H3,(H,19,20). The molecule has 0 atom stereocenters. The topological polar surface area (TPSA) is 38.3 Å². The van der Waals surface area contributed by atoms with Gasteiger partial charge in [-0.1, -0.05) is 18.2 Å². The Kier molecular flexibility index (Phi) is 5.88. The van der Waals surface area contributed by atoms with E-state index in [9.17, 15) is 4.79 Å². The molecule has 2 aromatic carbocycles. The fraction of sp³-hybridized carbons (Fsp3) is 0.353. The molecule has 0 spiro atoms. The summed E-state index contributed by atoms with van der Waals surface area (Å²) in [7, 11) is 1.66. The number of rotatable bonds is 7. The van der Waals surface area contributed by atoms with Crippen LogP contribution in [0.4, 0.5) is 0 Å². The summed E-state index contributed by atoms with van der Waals surface area (Å²) >= 11 is 5.59. The predicted molar refractivity (Wildman–Crippen MR) is 86.9 cm³/mol. The molecule has 21 heavy (non-hydrogen) atoms. The Bertz CT molecular complexity index is 613. The van der Waals surface area contributed by atoms with Crippen LogP contribution < -0.4 is 10.1 Å². The number of amides is 1. The van der Waals surface area contributed by atoms with Crippen LogP contribution >= 0.6 is 11.6 Å². The molecule has 0 aliphatic rings. The fourth-order valence-electron chi connectivity index (χ4n) is 2.18. The molecule has 3 nitrogen and oxygen atoms in total. The number of carbonyl (C=O) groups is 1. The van der Waals surface area contributed by atoms with Crippen molar-refractivity contribution in [1.29, 1.82) is 0 Å². The number of ether oxygens (including phenoxy) is 1. The summed E-state index contributed by atoms with van der Waals surface area (Å²) in [6.07, 6.45) is 2.26. The number of fused-ring (bicyclic) bond motifs is 1. The molecule has 0 unspecified atom stereocenters. The van der Waals surface area contributed by atoms with Crippen LogP contribution in [0.25, 0.3) is 10.8 Å². The van der Waals surface area contributed by atoms with Crippen molar-refractivity contribution < 1.29 is 9.53 Å². The first-order valence-electron chi connectivity index (χ1n) is 7.12. The van der Waals surface area contributed by atoms with Crippen molar-refractivity contribution in [1.82, 2.24) is 5.32 Å². The summed E-state index contributed by atoms with van der Waals surface area (Å²) < 4.78 is 5.21. The molecule has 112 valence electrons. The van der Waals surface area contributed by atoms with Gasteiger partial charge in [0.2, 0.25) is 5.91 Å². The third kappa shape index (κ3) is 4.64. The smallest absolute Gasteiger partial charge is 0.220 e. The molecule has 2 rings (SSSR count). The number of hydrogen-bond acceptors (Lipinski definition) is 2. The summed E-state index contributed by atoms with van der Waals surface area (Å²) in [6.45, 7) is 0.557. The van der Waals surface area contributed by atoms with Gasteiger partial charge < -0.3 is 10.1 Å². The molecule has 1 N–H and O–H groups in total. The van der Waals surface area contributed by atoms with Crippen molar-refractivity contribution in [3.8, 4) is 5.75 Å². The number of carbonyl (C=O) groups excluding carboxylic acids is 1. The number of methoxy groups -OCH3 is 1. The lowest BCUT2D eigenvalue weighted by molar-refractivity contribution is -0.121. The van der Waals surface area contributed by atoms with Gasteiger partial charge >= 0.3 is 0 Å². The molecule has 1 amide bonds. The predicted octanol–water partition coefficient (Wildman–Crippen LogP) is 3.87. The minimum absolute atomic E-state index is 0.0787. The zero-order chi connectivity index (χ0) is 15.1. The number of hydrogen-bond donors (Lipinski definition) is 1. The Labute approximate surface area is 130 Å². The first-order chi connectivity index (χ1) is 10.2. The van der Waals surface area contributed by atoms with Crippen molar-refractivity contribution in [3.05, 3.63) is 42.0 Å². The summed E-state index contributed by atoms with van der Waals surface area (Å²) in [4.78, 5) is 11.7. The van der Waals surface area contributed by atoms with Gasteiger partial charge in [-0.25, -0.2) is 0 Å². The number of benzene rings is 2. The van der Waals surface area contributed by atoms with Crippen LogP contribution in [-0.2, 0) is 11.3 Å². The molecular formula is C17H20ClNO2. The minimum atomic E-state index is 0.0787. The summed E-state index contributed by atoms with van der Waals surface area (Å²) in [5.74, 6) is 1.54. The van der Waals surface area contributed by atoms with E-state index in [1.807, 2.05) is 30.3 Å². The van der Waals surface area contributed by atoms with E-state index in [1.165, 1.54) is 0 Å². The lowest BCUT2D eigenvalue weighted by Crippen LogP contribution is -2.22. The third-order valence-electron chi connectivity index (χ3n) is 3.39. The van der Waals surface area contributed by atoms with Crippen LogP contribution in [-0.4, -0.2) is 18.9 Å². The molecular weight excluding hydrogens is 286 g/mol. The first kappa shape index (κ1) is 15.6. The second-order valence-corrected chi connectivity index (χ2v) is 5.35. The zero-order valence-electron chi connectivity index (χ0n) is 12.2. The Morgan fingerprint density at radius 3 is 2.67 bits per heavy atom. The number of unbranched alkanes of at least 4 members (excludes halogenated alkanes) is 1. The molecule has 0 aliphatic carbocycles. The monoisotopic (exact) mass is 305 g/mol. The first-order valence-corrected chi connectivity index (χ1v) is 7.66. The second kappa shape index (κ2) is 7.89. The van der Waals surface area contributed by atoms with Gasteiger partial charge in [0, 0.05) is 18.8 Å². The Morgan fingerprint density at radius 1 is 1.14 bits per heavy atom. The Hall–Kier alpha value is -1.74. The van der Waals surface area contributed by atoms with Gasteiger partial charge in [0.15, 0.2) is 0 Å². The lowest BCUT2D eigenvalue weighted by Gasteiger charge is -2.07. The van der Waals surface area contributed by atoms with Gasteiger partial charge in [-0.3, -0.25) is 4.79 Å². The summed E-state index contributed by atoms with van der Waals surface area (Å²) in [6, 6.07) is 12.1. The average molecular weight is 306 g/mol. The van der Waals surface area contributed by atoms with Crippen LogP contribution in [0.2, 0.25) is 0 Å². The largest absolute Gasteiger partial charge is 0.497 e. The van der Waals surface area contributed by atoms with E-state index in [2.05, 4.69) is 11.4 Å². The molecule has 0 radical (unpaired) electrons. The van der Waals surface area contributed by atoms with E-state index in [4.69, 9.17) is 16.3 Å². The van der Waals surface area contributed by atoms with Gasteiger partial charge in [-0.2, -0.15) is 0 Å². The van der Waals surface area contributed by atoms with Gasteiger partial charge in [-0.15, -0.1) is 11.6 Å². The van der Waals surface area contributed by atoms with Crippen molar-refractivity contribution in [2.45, 2.75) is 25.8 Å². The number of nitrogens with one attached hydrogen (secondary N) is 1. The van der Waals surface area contributed by atoms with E-state index >= 15 is 0 Å². The molecule has 0 saturated carbocycles. The third-order valence-corrected chi connectivity index (χ3v) is 3.66. The molecule has 0 aliphatic heterocycles. The molecule has 0 fully saturated rings. The van der Waals surface area contributed by atoms with Crippen LogP contribution in [0.1, 0.15) is 24.8 Å². The van der Waals surface area contributed by atoms with Gasteiger partial charge in [0.05, 0.1) is 7.11 Å². The van der Waals surface area contributed by atoms with Gasteiger partial charge in [-0.05, 0) is 47.4 Å². The molecule has 4 heteroatoms. The average Bonchev–Trinajstić information content (AvgIpc) is 2.52. The molecule has 2 aromatic rings. The van der Waals surface area contributed by atoms with Crippen LogP contribution in [0.15, 0.2) is 36.4 Å². The lowest BCUT2D eigenvalue weighted by atomic mass is 10.1. The van der Waals surface area contributed by atoms with E-state index in [1.54, 1.807) is 7.11 Å². The van der Waals surface area contributed by atoms with Gasteiger partial charge in [0.1, 0.15) is 5.75 Å². The van der Waals surface area contributed by atoms with Crippen LogP contribution in [0.3, 0.4) is 0 Å². The van der Waals surface area contributed by atoms with Crippen molar-refractivity contribution in [2.75, 3.05) is 13.0 Å². The molecule has 0 bridgehead atoms. The number of alkyl halides is 1. The summed E-state index contributed by atoms with van der Waals surface area (Å²) in [5.41, 5.74) is 1.10. The Morgan fingerprint density at radius 2 is 1.90 bits per heavy atom. The quantitative estimate of drug-likeness (QED) is 0.623. The highest BCUT2D eigenvalue weighted by atomic mass is 35.5. The molecule has 0 saturated heterocycles. The molecule has 0 aromatic heterocycles. The van der Waals surface area contributed by atoms with Crippen molar-refractivity contribution in [2.24, 2.45) is 0 Å². The van der Waals surface area contributed by atoms with Crippen LogP contribution in [0.5, 0.6) is 5.75 Å². The minimum Gasteiger partial charge on any atom is -0.497 e. The van der Waals surface area contributed by atoms with E-state index in [-0.39, 0.29) is 5.91 Å². The molecule has 0 heterocycles. The highest BCUT2D eigenvalue weighted by Crippen LogP contribution is 2.21. The zero-order valence-corrected chi connectivity index (χ0v) is 13.0. The highest BCUT2D eigenvalue weighted by molar-refractivity contribution is 6.17. The van der Waals surface area contributed by atoms with Crippen LogP contribution in [0, 0.1) is 0 Å². The van der Waals surface area contributed by atoms with E-state index < -0.39 is 0 Å². The maximum atomic E-state index is 11.7. The van der Waals surface area contributed by atoms with E-state index in [0.717, 1.165) is 34.9 Å². The van der Waals surface area contributed by atoms with Crippen molar-refractivity contribution >= 4 is 28.3 Å². The second-order valence-electron chi connectivity index (χ2n) is 4.97. The SMILES string of the molecule is COc1ccc2cc(CNC(=O)CCCCCl)ccc2c1. The summed E-state index contributed by atoms with van der Waals surface area (Å²) in [5, 5.41) is 5.21. The van der Waals surface area contributed by atoms with Gasteiger partial charge in [0.25, 0.3) is 0 Å². The van der Waals surface area contributed by atoms with Crippen molar-refractivity contribution in [3.63, 3.8) is 0 Å². The Balaban J connectivity index is 1.95. The fourth-order valence-corrected chi connectivity index (χ4v) is 2.37. The maximum Gasteiger partial charge on any atom is 0.220 e. The van der Waals surface area contributed by atoms with E-state index in [0.29, 0.717) is 18.8 Å². The maximum absolute atomic E-state index is 11.7. The number of halogens is 1. The highest BCUT2D eigenvalue weighted by Gasteiger charge is 2.02.